The first kappa shape index (κ1) is 27.5. The Kier molecular flexibility index (Phi) is 6.72. The number of rotatable bonds is 7. The monoisotopic (exact) mass is 592 g/mol. The van der Waals surface area contributed by atoms with E-state index in [1.165, 1.54) is 39.3 Å². The molecule has 0 radical (unpaired) electrons. The van der Waals surface area contributed by atoms with E-state index in [0.29, 0.717) is 29.8 Å². The van der Waals surface area contributed by atoms with Crippen molar-refractivity contribution in [2.75, 3.05) is 18.4 Å². The van der Waals surface area contributed by atoms with E-state index < -0.39 is 33.9 Å². The molecule has 2 fully saturated rings. The average molecular weight is 593 g/mol. The van der Waals surface area contributed by atoms with Gasteiger partial charge in [0.2, 0.25) is 15.8 Å². The number of halogens is 5. The number of hydrogen-bond donors (Lipinski definition) is 1. The summed E-state index contributed by atoms with van der Waals surface area (Å²) < 4.78 is 95.7. The summed E-state index contributed by atoms with van der Waals surface area (Å²) in [4.78, 5) is 4.29. The van der Waals surface area contributed by atoms with E-state index in [4.69, 9.17) is 0 Å². The molecule has 14 heteroatoms. The molecule has 4 aromatic rings. The number of aromatic nitrogens is 4. The zero-order valence-electron chi connectivity index (χ0n) is 21.5. The molecule has 0 unspecified atom stereocenters. The number of sulfonamides is 1. The van der Waals surface area contributed by atoms with Gasteiger partial charge >= 0.3 is 6.18 Å². The zero-order chi connectivity index (χ0) is 29.0. The number of pyridine rings is 2. The number of anilines is 1. The van der Waals surface area contributed by atoms with Crippen molar-refractivity contribution in [3.63, 3.8) is 0 Å². The topological polar surface area (TPSA) is 92.5 Å². The van der Waals surface area contributed by atoms with Gasteiger partial charge in [-0.15, -0.1) is 10.2 Å². The first-order valence-electron chi connectivity index (χ1n) is 13.0. The minimum Gasteiger partial charge on any atom is -0.367 e. The third kappa shape index (κ3) is 5.03. The van der Waals surface area contributed by atoms with Crippen molar-refractivity contribution in [1.82, 2.24) is 23.9 Å². The molecule has 4 heterocycles. The molecule has 0 atom stereocenters. The molecule has 41 heavy (non-hydrogen) atoms. The van der Waals surface area contributed by atoms with Crippen LogP contribution < -0.4 is 5.32 Å². The Labute approximate surface area is 232 Å². The van der Waals surface area contributed by atoms with Crippen LogP contribution in [0.1, 0.15) is 43.5 Å². The third-order valence-electron chi connectivity index (χ3n) is 7.86. The van der Waals surface area contributed by atoms with Crippen molar-refractivity contribution in [2.24, 2.45) is 0 Å². The molecule has 1 N–H and O–H groups in total. The Morgan fingerprint density at radius 3 is 2.20 bits per heavy atom. The number of nitrogens with one attached hydrogen (secondary N) is 1. The molecule has 3 aromatic heterocycles. The summed E-state index contributed by atoms with van der Waals surface area (Å²) in [5.74, 6) is -0.0196. The SMILES string of the molecule is O=S(=O)(c1ccc(-c2ccc3nnc(C(F)F)n3c2)cc1)N1CCC(Nc2ccc(C3(C(F)(F)F)CC3)cn2)CC1. The highest BCUT2D eigenvalue weighted by Crippen LogP contribution is 2.58. The van der Waals surface area contributed by atoms with E-state index in [2.05, 4.69) is 20.5 Å². The van der Waals surface area contributed by atoms with E-state index in [9.17, 15) is 30.4 Å². The summed E-state index contributed by atoms with van der Waals surface area (Å²) in [6.07, 6.45) is -3.19. The van der Waals surface area contributed by atoms with Gasteiger partial charge in [-0.2, -0.15) is 17.5 Å². The lowest BCUT2D eigenvalue weighted by Gasteiger charge is -2.32. The summed E-state index contributed by atoms with van der Waals surface area (Å²) in [7, 11) is -3.77. The van der Waals surface area contributed by atoms with Crippen molar-refractivity contribution >= 4 is 21.5 Å². The Morgan fingerprint density at radius 2 is 1.61 bits per heavy atom. The van der Waals surface area contributed by atoms with Crippen LogP contribution in [0.15, 0.2) is 65.8 Å². The number of alkyl halides is 5. The first-order valence-corrected chi connectivity index (χ1v) is 14.5. The Bertz CT molecular complexity index is 1660. The summed E-state index contributed by atoms with van der Waals surface area (Å²) in [5.41, 5.74) is -0.0903. The van der Waals surface area contributed by atoms with Crippen LogP contribution in [0.3, 0.4) is 0 Å². The standard InChI is InChI=1S/C27H25F5N6O2S/c28-24(29)25-36-35-23-8-3-18(16-38(23)25)17-1-5-21(6-2-17)41(39,40)37-13-9-20(10-14-37)34-22-7-4-19(15-33-22)26(11-12-26)27(30,31)32/h1-8,15-16,20,24H,9-14H2,(H,33,34). The van der Waals surface area contributed by atoms with Gasteiger partial charge in [0.1, 0.15) is 5.82 Å². The number of nitrogens with zero attached hydrogens (tertiary/aromatic N) is 5. The van der Waals surface area contributed by atoms with E-state index in [1.54, 1.807) is 30.3 Å². The number of hydrogen-bond acceptors (Lipinski definition) is 6. The molecule has 216 valence electrons. The molecule has 6 rings (SSSR count). The summed E-state index contributed by atoms with van der Waals surface area (Å²) in [6, 6.07) is 12.4. The van der Waals surface area contributed by atoms with E-state index in [0.717, 1.165) is 0 Å². The van der Waals surface area contributed by atoms with Gasteiger partial charge < -0.3 is 5.32 Å². The number of fused-ring (bicyclic) bond motifs is 1. The Morgan fingerprint density at radius 1 is 0.927 bits per heavy atom. The normalized spacial score (nSPS) is 18.2. The highest BCUT2D eigenvalue weighted by Gasteiger charge is 2.64. The maximum Gasteiger partial charge on any atom is 0.398 e. The quantitative estimate of drug-likeness (QED) is 0.282. The molecule has 1 aliphatic carbocycles. The molecule has 1 aromatic carbocycles. The van der Waals surface area contributed by atoms with Crippen molar-refractivity contribution in [3.05, 3.63) is 72.3 Å². The molecule has 0 amide bonds. The Balaban J connectivity index is 1.09. The first-order chi connectivity index (χ1) is 19.5. The lowest BCUT2D eigenvalue weighted by molar-refractivity contribution is -0.160. The highest BCUT2D eigenvalue weighted by molar-refractivity contribution is 7.89. The lowest BCUT2D eigenvalue weighted by Crippen LogP contribution is -2.42. The molecular formula is C27H25F5N6O2S. The van der Waals surface area contributed by atoms with Gasteiger partial charge in [-0.3, -0.25) is 4.40 Å². The smallest absolute Gasteiger partial charge is 0.367 e. The summed E-state index contributed by atoms with van der Waals surface area (Å²) in [6.45, 7) is 0.523. The molecule has 0 spiro atoms. The number of benzene rings is 1. The maximum absolute atomic E-state index is 13.4. The summed E-state index contributed by atoms with van der Waals surface area (Å²) >= 11 is 0. The van der Waals surface area contributed by atoms with Gasteiger partial charge in [-0.1, -0.05) is 18.2 Å². The predicted octanol–water partition coefficient (Wildman–Crippen LogP) is 5.59. The van der Waals surface area contributed by atoms with Crippen LogP contribution in [-0.2, 0) is 15.4 Å². The minimum absolute atomic E-state index is 0.0712. The fourth-order valence-corrected chi connectivity index (χ4v) is 6.74. The molecule has 1 saturated carbocycles. The number of piperidine rings is 1. The van der Waals surface area contributed by atoms with Crippen molar-refractivity contribution in [1.29, 1.82) is 0 Å². The van der Waals surface area contributed by atoms with Crippen LogP contribution in [0, 0.1) is 0 Å². The zero-order valence-corrected chi connectivity index (χ0v) is 22.3. The second-order valence-electron chi connectivity index (χ2n) is 10.4. The van der Waals surface area contributed by atoms with Crippen LogP contribution in [0.25, 0.3) is 16.8 Å². The van der Waals surface area contributed by atoms with Crippen molar-refractivity contribution in [2.45, 2.75) is 54.6 Å². The third-order valence-corrected chi connectivity index (χ3v) is 9.78. The van der Waals surface area contributed by atoms with Crippen LogP contribution in [-0.4, -0.2) is 57.6 Å². The highest BCUT2D eigenvalue weighted by atomic mass is 32.2. The molecule has 2 aliphatic rings. The second-order valence-corrected chi connectivity index (χ2v) is 12.3. The fourth-order valence-electron chi connectivity index (χ4n) is 5.27. The largest absolute Gasteiger partial charge is 0.398 e. The van der Waals surface area contributed by atoms with Gasteiger partial charge in [0.05, 0.1) is 10.3 Å². The van der Waals surface area contributed by atoms with Crippen LogP contribution >= 0.6 is 0 Å². The molecule has 0 bridgehead atoms. The van der Waals surface area contributed by atoms with Crippen LogP contribution in [0.2, 0.25) is 0 Å². The van der Waals surface area contributed by atoms with Crippen molar-refractivity contribution in [3.8, 4) is 11.1 Å². The molecule has 1 aliphatic heterocycles. The van der Waals surface area contributed by atoms with E-state index >= 15 is 0 Å². The van der Waals surface area contributed by atoms with Gasteiger partial charge in [-0.05, 0) is 72.7 Å². The van der Waals surface area contributed by atoms with Gasteiger partial charge in [0.25, 0.3) is 6.43 Å². The lowest BCUT2D eigenvalue weighted by atomic mass is 9.97. The van der Waals surface area contributed by atoms with Crippen molar-refractivity contribution < 1.29 is 30.4 Å². The van der Waals surface area contributed by atoms with Gasteiger partial charge in [0.15, 0.2) is 5.65 Å². The summed E-state index contributed by atoms with van der Waals surface area (Å²) in [5, 5.41) is 10.4. The Hall–Kier alpha value is -3.65. The maximum atomic E-state index is 13.4. The van der Waals surface area contributed by atoms with E-state index in [1.807, 2.05) is 0 Å². The van der Waals surface area contributed by atoms with E-state index in [-0.39, 0.29) is 48.1 Å². The second kappa shape index (κ2) is 10.0. The molecule has 8 nitrogen and oxygen atoms in total. The molecule has 1 saturated heterocycles. The minimum atomic E-state index is -4.30. The van der Waals surface area contributed by atoms with Crippen LogP contribution in [0.4, 0.5) is 27.8 Å². The van der Waals surface area contributed by atoms with Crippen LogP contribution in [0.5, 0.6) is 0 Å². The predicted molar refractivity (Wildman–Crippen MR) is 140 cm³/mol. The average Bonchev–Trinajstić information content (AvgIpc) is 3.67. The van der Waals surface area contributed by atoms with Gasteiger partial charge in [0, 0.05) is 31.5 Å². The fraction of sp³-hybridized carbons (Fsp3) is 0.370. The molecular weight excluding hydrogens is 567 g/mol. The van der Waals surface area contributed by atoms with Gasteiger partial charge in [-0.25, -0.2) is 22.2 Å².